The topological polar surface area (TPSA) is 34.0 Å². The average Bonchev–Trinajstić information content (AvgIpc) is 2.87. The van der Waals surface area contributed by atoms with Crippen molar-refractivity contribution in [3.8, 4) is 0 Å². The zero-order chi connectivity index (χ0) is 10.7. The van der Waals surface area contributed by atoms with Crippen LogP contribution in [0.3, 0.4) is 0 Å². The quantitative estimate of drug-likeness (QED) is 0.786. The Kier molecular flexibility index (Phi) is 3.09. The predicted octanol–water partition coefficient (Wildman–Crippen LogP) is 2.11. The van der Waals surface area contributed by atoms with Gasteiger partial charge < -0.3 is 9.88 Å². The smallest absolute Gasteiger partial charge is 0.243 e. The van der Waals surface area contributed by atoms with Crippen LogP contribution in [-0.4, -0.2) is 16.5 Å². The molecule has 1 unspecified atom stereocenters. The Morgan fingerprint density at radius 3 is 2.67 bits per heavy atom. The van der Waals surface area contributed by atoms with Crippen LogP contribution >= 0.6 is 0 Å². The normalized spacial score (nSPS) is 17.4. The summed E-state index contributed by atoms with van der Waals surface area (Å²) in [6, 6.07) is 4.36. The molecule has 1 aliphatic rings. The molecule has 15 heavy (non-hydrogen) atoms. The van der Waals surface area contributed by atoms with Crippen LogP contribution in [0.1, 0.15) is 38.6 Å². The summed E-state index contributed by atoms with van der Waals surface area (Å²) < 4.78 is 2.00. The Morgan fingerprint density at radius 2 is 2.13 bits per heavy atom. The highest BCUT2D eigenvalue weighted by Gasteiger charge is 2.27. The molecule has 0 spiro atoms. The van der Waals surface area contributed by atoms with Gasteiger partial charge in [0.2, 0.25) is 5.91 Å². The fourth-order valence-electron chi connectivity index (χ4n) is 1.77. The number of nitrogens with one attached hydrogen (secondary N) is 1. The van der Waals surface area contributed by atoms with Crippen molar-refractivity contribution < 1.29 is 4.79 Å². The van der Waals surface area contributed by atoms with Gasteiger partial charge in [0.05, 0.1) is 0 Å². The van der Waals surface area contributed by atoms with Crippen LogP contribution in [0, 0.1) is 0 Å². The highest BCUT2D eigenvalue weighted by Crippen LogP contribution is 2.21. The standard InChI is InChI=1S/C12H18N2O/c1-2-5-11(14-8-3-4-9-14)12(15)13-10-6-7-10/h3-4,8-11H,2,5-7H2,1H3,(H,13,15). The third kappa shape index (κ3) is 2.61. The number of hydrogen-bond donors (Lipinski definition) is 1. The molecule has 2 rings (SSSR count). The highest BCUT2D eigenvalue weighted by molar-refractivity contribution is 5.80. The van der Waals surface area contributed by atoms with Crippen LogP contribution in [0.15, 0.2) is 24.5 Å². The van der Waals surface area contributed by atoms with Crippen molar-refractivity contribution in [2.45, 2.75) is 44.7 Å². The Bertz CT molecular complexity index is 314. The lowest BCUT2D eigenvalue weighted by molar-refractivity contribution is -0.124. The second kappa shape index (κ2) is 4.51. The van der Waals surface area contributed by atoms with E-state index in [1.165, 1.54) is 0 Å². The maximum Gasteiger partial charge on any atom is 0.243 e. The van der Waals surface area contributed by atoms with Gasteiger partial charge in [-0.2, -0.15) is 0 Å². The molecule has 1 heterocycles. The minimum absolute atomic E-state index is 0.0226. The first-order valence-electron chi connectivity index (χ1n) is 5.74. The van der Waals surface area contributed by atoms with Gasteiger partial charge in [0, 0.05) is 18.4 Å². The fourth-order valence-corrected chi connectivity index (χ4v) is 1.77. The summed E-state index contributed by atoms with van der Waals surface area (Å²) in [6.45, 7) is 2.11. The fraction of sp³-hybridized carbons (Fsp3) is 0.583. The van der Waals surface area contributed by atoms with Crippen molar-refractivity contribution in [3.63, 3.8) is 0 Å². The third-order valence-corrected chi connectivity index (χ3v) is 2.78. The Labute approximate surface area is 90.5 Å². The second-order valence-corrected chi connectivity index (χ2v) is 4.22. The molecular formula is C12H18N2O. The van der Waals surface area contributed by atoms with Crippen LogP contribution in [-0.2, 0) is 4.79 Å². The molecular weight excluding hydrogens is 188 g/mol. The van der Waals surface area contributed by atoms with Gasteiger partial charge in [0.1, 0.15) is 6.04 Å². The van der Waals surface area contributed by atoms with E-state index in [1.54, 1.807) is 0 Å². The Hall–Kier alpha value is -1.25. The van der Waals surface area contributed by atoms with Gasteiger partial charge >= 0.3 is 0 Å². The molecule has 3 nitrogen and oxygen atoms in total. The van der Waals surface area contributed by atoms with E-state index in [-0.39, 0.29) is 11.9 Å². The van der Waals surface area contributed by atoms with Crippen molar-refractivity contribution in [2.75, 3.05) is 0 Å². The van der Waals surface area contributed by atoms with Gasteiger partial charge in [-0.15, -0.1) is 0 Å². The number of rotatable bonds is 5. The first-order valence-corrected chi connectivity index (χ1v) is 5.74. The molecule has 82 valence electrons. The molecule has 3 heteroatoms. The van der Waals surface area contributed by atoms with Gasteiger partial charge in [-0.3, -0.25) is 4.79 Å². The third-order valence-electron chi connectivity index (χ3n) is 2.78. The number of aromatic nitrogens is 1. The van der Waals surface area contributed by atoms with E-state index in [2.05, 4.69) is 12.2 Å². The van der Waals surface area contributed by atoms with E-state index in [1.807, 2.05) is 29.1 Å². The lowest BCUT2D eigenvalue weighted by Gasteiger charge is -2.17. The molecule has 0 saturated heterocycles. The number of carbonyl (C=O) groups excluding carboxylic acids is 1. The molecule has 1 aliphatic carbocycles. The Balaban J connectivity index is 2.01. The van der Waals surface area contributed by atoms with E-state index in [0.717, 1.165) is 25.7 Å². The minimum atomic E-state index is -0.0226. The molecule has 1 aromatic rings. The van der Waals surface area contributed by atoms with Crippen LogP contribution in [0.25, 0.3) is 0 Å². The molecule has 0 aliphatic heterocycles. The van der Waals surface area contributed by atoms with Crippen LogP contribution < -0.4 is 5.32 Å². The first-order chi connectivity index (χ1) is 7.31. The van der Waals surface area contributed by atoms with E-state index in [4.69, 9.17) is 0 Å². The summed E-state index contributed by atoms with van der Waals surface area (Å²) in [5, 5.41) is 3.07. The average molecular weight is 206 g/mol. The van der Waals surface area contributed by atoms with Crippen molar-refractivity contribution in [3.05, 3.63) is 24.5 Å². The van der Waals surface area contributed by atoms with E-state index < -0.39 is 0 Å². The lowest BCUT2D eigenvalue weighted by atomic mass is 10.1. The summed E-state index contributed by atoms with van der Waals surface area (Å²) in [6.07, 6.45) is 8.17. The van der Waals surface area contributed by atoms with Crippen molar-refractivity contribution in [1.82, 2.24) is 9.88 Å². The molecule has 1 saturated carbocycles. The maximum atomic E-state index is 12.0. The largest absolute Gasteiger partial charge is 0.352 e. The number of hydrogen-bond acceptors (Lipinski definition) is 1. The van der Waals surface area contributed by atoms with E-state index >= 15 is 0 Å². The summed E-state index contributed by atoms with van der Waals surface area (Å²) in [7, 11) is 0. The first kappa shape index (κ1) is 10.3. The van der Waals surface area contributed by atoms with Crippen LogP contribution in [0.4, 0.5) is 0 Å². The van der Waals surface area contributed by atoms with Crippen molar-refractivity contribution in [2.24, 2.45) is 0 Å². The highest BCUT2D eigenvalue weighted by atomic mass is 16.2. The van der Waals surface area contributed by atoms with Crippen LogP contribution in [0.5, 0.6) is 0 Å². The number of nitrogens with zero attached hydrogens (tertiary/aromatic N) is 1. The molecule has 1 amide bonds. The summed E-state index contributed by atoms with van der Waals surface area (Å²) in [5.74, 6) is 0.176. The SMILES string of the molecule is CCCC(C(=O)NC1CC1)n1cccc1. The lowest BCUT2D eigenvalue weighted by Crippen LogP contribution is -2.33. The molecule has 1 aromatic heterocycles. The second-order valence-electron chi connectivity index (χ2n) is 4.22. The van der Waals surface area contributed by atoms with Gasteiger partial charge in [-0.05, 0) is 31.4 Å². The molecule has 1 N–H and O–H groups in total. The Morgan fingerprint density at radius 1 is 1.47 bits per heavy atom. The van der Waals surface area contributed by atoms with Gasteiger partial charge in [0.15, 0.2) is 0 Å². The van der Waals surface area contributed by atoms with Gasteiger partial charge in [0.25, 0.3) is 0 Å². The van der Waals surface area contributed by atoms with Gasteiger partial charge in [-0.1, -0.05) is 13.3 Å². The molecule has 0 radical (unpaired) electrons. The minimum Gasteiger partial charge on any atom is -0.352 e. The number of amides is 1. The zero-order valence-electron chi connectivity index (χ0n) is 9.15. The summed E-state index contributed by atoms with van der Waals surface area (Å²) in [4.78, 5) is 12.0. The molecule has 1 fully saturated rings. The zero-order valence-corrected chi connectivity index (χ0v) is 9.15. The van der Waals surface area contributed by atoms with E-state index in [0.29, 0.717) is 6.04 Å². The molecule has 0 aromatic carbocycles. The van der Waals surface area contributed by atoms with Gasteiger partial charge in [-0.25, -0.2) is 0 Å². The predicted molar refractivity (Wildman–Crippen MR) is 59.5 cm³/mol. The van der Waals surface area contributed by atoms with Crippen molar-refractivity contribution in [1.29, 1.82) is 0 Å². The molecule has 0 bridgehead atoms. The number of carbonyl (C=O) groups is 1. The van der Waals surface area contributed by atoms with Crippen molar-refractivity contribution >= 4 is 5.91 Å². The summed E-state index contributed by atoms with van der Waals surface area (Å²) >= 11 is 0. The van der Waals surface area contributed by atoms with Crippen LogP contribution in [0.2, 0.25) is 0 Å². The summed E-state index contributed by atoms with van der Waals surface area (Å²) in [5.41, 5.74) is 0. The molecule has 1 atom stereocenters. The monoisotopic (exact) mass is 206 g/mol. The van der Waals surface area contributed by atoms with E-state index in [9.17, 15) is 4.79 Å². The maximum absolute atomic E-state index is 12.0.